The van der Waals surface area contributed by atoms with Crippen LogP contribution in [0.25, 0.3) is 0 Å². The highest BCUT2D eigenvalue weighted by atomic mass is 16.6. The van der Waals surface area contributed by atoms with E-state index in [9.17, 15) is 19.2 Å². The molecule has 0 spiro atoms. The number of amides is 3. The number of unbranched alkanes of at least 4 members (excludes halogenated alkanes) is 1. The first-order chi connectivity index (χ1) is 23.0. The van der Waals surface area contributed by atoms with Crippen molar-refractivity contribution in [2.45, 2.75) is 76.4 Å². The first-order valence-corrected chi connectivity index (χ1v) is 17.0. The molecule has 1 N–H and O–H groups in total. The summed E-state index contributed by atoms with van der Waals surface area (Å²) in [6.45, 7) is 6.91. The zero-order chi connectivity index (χ0) is 34.5. The van der Waals surface area contributed by atoms with E-state index in [0.717, 1.165) is 41.9 Å². The van der Waals surface area contributed by atoms with Crippen LogP contribution in [0, 0.1) is 11.8 Å². The minimum atomic E-state index is -0.754. The molecule has 5 rings (SSSR count). The van der Waals surface area contributed by atoms with Gasteiger partial charge in [-0.3, -0.25) is 9.59 Å². The second-order valence-corrected chi connectivity index (χ2v) is 14.1. The molecule has 11 nitrogen and oxygen atoms in total. The van der Waals surface area contributed by atoms with E-state index in [-0.39, 0.29) is 31.3 Å². The van der Waals surface area contributed by atoms with Crippen LogP contribution < -0.4 is 10.1 Å². The van der Waals surface area contributed by atoms with E-state index in [4.69, 9.17) is 18.9 Å². The summed E-state index contributed by atoms with van der Waals surface area (Å²) in [5.41, 5.74) is 0.663. The van der Waals surface area contributed by atoms with Crippen molar-refractivity contribution < 1.29 is 38.1 Å². The van der Waals surface area contributed by atoms with Crippen LogP contribution in [0.5, 0.6) is 11.5 Å². The molecule has 11 heteroatoms. The molecule has 2 aromatic carbocycles. The van der Waals surface area contributed by atoms with Crippen molar-refractivity contribution in [1.82, 2.24) is 15.1 Å². The third-order valence-corrected chi connectivity index (χ3v) is 9.62. The molecule has 3 aliphatic rings. The maximum absolute atomic E-state index is 14.2. The van der Waals surface area contributed by atoms with Crippen molar-refractivity contribution in [2.75, 3.05) is 47.0 Å². The van der Waals surface area contributed by atoms with Gasteiger partial charge in [-0.05, 0) is 71.4 Å². The van der Waals surface area contributed by atoms with Gasteiger partial charge in [0.05, 0.1) is 18.9 Å². The first kappa shape index (κ1) is 35.2. The molecule has 3 amide bonds. The molecule has 0 aliphatic carbocycles. The molecule has 3 heterocycles. The standard InChI is InChI=1S/C37H49N3O8/c1-36(2,3)48-35(44)39-22-25(21-26(23-39)33(42)40-19-12-15-29(40)34(43)46-5)32(41)38-24-37(18-10-11-20-45-4)27-13-6-8-16-30(27)47-31-17-9-7-14-28(31)37/h6-9,13-14,16-17,25-26,29H,10-12,15,18-24H2,1-5H3,(H,38,41)/t25-,26+,29?/m0/s1. The molecule has 1 unspecified atom stereocenters. The molecule has 3 atom stereocenters. The zero-order valence-electron chi connectivity index (χ0n) is 28.8. The van der Waals surface area contributed by atoms with E-state index in [1.807, 2.05) is 36.4 Å². The molecule has 48 heavy (non-hydrogen) atoms. The van der Waals surface area contributed by atoms with Crippen LogP contribution in [-0.4, -0.2) is 92.3 Å². The highest BCUT2D eigenvalue weighted by Gasteiger charge is 2.45. The Morgan fingerprint density at radius 3 is 2.21 bits per heavy atom. The average Bonchev–Trinajstić information content (AvgIpc) is 3.57. The number of carbonyl (C=O) groups is 4. The third-order valence-electron chi connectivity index (χ3n) is 9.62. The summed E-state index contributed by atoms with van der Waals surface area (Å²) in [4.78, 5) is 57.0. The lowest BCUT2D eigenvalue weighted by molar-refractivity contribution is -0.153. The van der Waals surface area contributed by atoms with Crippen LogP contribution in [-0.2, 0) is 34.0 Å². The van der Waals surface area contributed by atoms with Crippen molar-refractivity contribution in [1.29, 1.82) is 0 Å². The Kier molecular flexibility index (Phi) is 11.0. The van der Waals surface area contributed by atoms with Gasteiger partial charge >= 0.3 is 12.1 Å². The number of benzene rings is 2. The number of fused-ring (bicyclic) bond motifs is 2. The molecule has 2 fully saturated rings. The minimum absolute atomic E-state index is 0.101. The number of piperidine rings is 1. The van der Waals surface area contributed by atoms with E-state index in [2.05, 4.69) is 17.4 Å². The summed E-state index contributed by atoms with van der Waals surface area (Å²) in [5.74, 6) is -0.803. The van der Waals surface area contributed by atoms with Crippen LogP contribution in [0.2, 0.25) is 0 Å². The second-order valence-electron chi connectivity index (χ2n) is 14.1. The Bertz CT molecular complexity index is 1440. The number of esters is 1. The highest BCUT2D eigenvalue weighted by Crippen LogP contribution is 2.50. The molecular formula is C37H49N3O8. The van der Waals surface area contributed by atoms with Crippen LogP contribution in [0.4, 0.5) is 4.79 Å². The van der Waals surface area contributed by atoms with E-state index in [1.165, 1.54) is 12.0 Å². The lowest BCUT2D eigenvalue weighted by Crippen LogP contribution is -2.55. The van der Waals surface area contributed by atoms with Gasteiger partial charge in [0.15, 0.2) is 0 Å². The number of hydrogen-bond donors (Lipinski definition) is 1. The lowest BCUT2D eigenvalue weighted by atomic mass is 9.69. The predicted octanol–water partition coefficient (Wildman–Crippen LogP) is 5.05. The normalized spacial score (nSPS) is 21.4. The Labute approximate surface area is 283 Å². The molecule has 2 saturated heterocycles. The highest BCUT2D eigenvalue weighted by molar-refractivity contribution is 5.88. The topological polar surface area (TPSA) is 124 Å². The van der Waals surface area contributed by atoms with E-state index in [0.29, 0.717) is 32.5 Å². The smallest absolute Gasteiger partial charge is 0.410 e. The zero-order valence-corrected chi connectivity index (χ0v) is 28.8. The van der Waals surface area contributed by atoms with Gasteiger partial charge in [0.2, 0.25) is 11.8 Å². The number of hydrogen-bond acceptors (Lipinski definition) is 8. The van der Waals surface area contributed by atoms with E-state index >= 15 is 0 Å². The van der Waals surface area contributed by atoms with Crippen molar-refractivity contribution in [2.24, 2.45) is 11.8 Å². The van der Waals surface area contributed by atoms with Gasteiger partial charge in [-0.2, -0.15) is 0 Å². The van der Waals surface area contributed by atoms with Crippen LogP contribution in [0.3, 0.4) is 0 Å². The van der Waals surface area contributed by atoms with Gasteiger partial charge in [0.1, 0.15) is 23.1 Å². The fourth-order valence-corrected chi connectivity index (χ4v) is 7.36. The summed E-state index contributed by atoms with van der Waals surface area (Å²) in [6.07, 6.45) is 3.32. The molecule has 2 aromatic rings. The number of para-hydroxylation sites is 2. The number of methoxy groups -OCH3 is 2. The maximum Gasteiger partial charge on any atom is 0.410 e. The van der Waals surface area contributed by atoms with Gasteiger partial charge in [-0.15, -0.1) is 0 Å². The van der Waals surface area contributed by atoms with Gasteiger partial charge in [0, 0.05) is 56.4 Å². The van der Waals surface area contributed by atoms with Gasteiger partial charge in [0.25, 0.3) is 0 Å². The van der Waals surface area contributed by atoms with Gasteiger partial charge in [-0.25, -0.2) is 9.59 Å². The minimum Gasteiger partial charge on any atom is -0.467 e. The Morgan fingerprint density at radius 2 is 1.58 bits per heavy atom. The first-order valence-electron chi connectivity index (χ1n) is 17.0. The lowest BCUT2D eigenvalue weighted by Gasteiger charge is -2.42. The SMILES string of the molecule is COCCCCC1(CNC(=O)[C@H]2C[C@@H](C(=O)N3CCCC3C(=O)OC)CN(C(=O)OC(C)(C)C)C2)c2ccccc2Oc2ccccc21. The number of nitrogens with zero attached hydrogens (tertiary/aromatic N) is 2. The summed E-state index contributed by atoms with van der Waals surface area (Å²) in [6, 6.07) is 15.2. The predicted molar refractivity (Wildman–Crippen MR) is 179 cm³/mol. The Balaban J connectivity index is 1.42. The van der Waals surface area contributed by atoms with Crippen molar-refractivity contribution in [3.8, 4) is 11.5 Å². The van der Waals surface area contributed by atoms with Gasteiger partial charge in [-0.1, -0.05) is 36.4 Å². The summed E-state index contributed by atoms with van der Waals surface area (Å²) >= 11 is 0. The van der Waals surface area contributed by atoms with E-state index in [1.54, 1.807) is 32.8 Å². The molecule has 0 radical (unpaired) electrons. The Morgan fingerprint density at radius 1 is 0.938 bits per heavy atom. The van der Waals surface area contributed by atoms with Crippen molar-refractivity contribution >= 4 is 23.9 Å². The average molecular weight is 664 g/mol. The summed E-state index contributed by atoms with van der Waals surface area (Å²) in [7, 11) is 3.01. The van der Waals surface area contributed by atoms with Crippen molar-refractivity contribution in [3.05, 3.63) is 59.7 Å². The number of likely N-dealkylation sites (tertiary alicyclic amines) is 2. The summed E-state index contributed by atoms with van der Waals surface area (Å²) < 4.78 is 22.3. The Hall–Kier alpha value is -4.12. The van der Waals surface area contributed by atoms with Gasteiger partial charge < -0.3 is 34.1 Å². The van der Waals surface area contributed by atoms with Crippen LogP contribution >= 0.6 is 0 Å². The maximum atomic E-state index is 14.2. The number of ether oxygens (including phenoxy) is 4. The van der Waals surface area contributed by atoms with Crippen LogP contribution in [0.15, 0.2) is 48.5 Å². The quantitative estimate of drug-likeness (QED) is 0.277. The molecule has 3 aliphatic heterocycles. The monoisotopic (exact) mass is 663 g/mol. The van der Waals surface area contributed by atoms with Crippen LogP contribution in [0.1, 0.15) is 70.4 Å². The fourth-order valence-electron chi connectivity index (χ4n) is 7.36. The third kappa shape index (κ3) is 7.61. The fraction of sp³-hybridized carbons (Fsp3) is 0.568. The van der Waals surface area contributed by atoms with Crippen molar-refractivity contribution in [3.63, 3.8) is 0 Å². The molecule has 260 valence electrons. The molecule has 0 bridgehead atoms. The molecular weight excluding hydrogens is 614 g/mol. The number of nitrogens with one attached hydrogen (secondary N) is 1. The number of rotatable bonds is 10. The second kappa shape index (κ2) is 15.0. The number of carbonyl (C=O) groups excluding carboxylic acids is 4. The largest absolute Gasteiger partial charge is 0.467 e. The molecule has 0 aromatic heterocycles. The summed E-state index contributed by atoms with van der Waals surface area (Å²) in [5, 5.41) is 3.25. The molecule has 0 saturated carbocycles. The van der Waals surface area contributed by atoms with E-state index < -0.39 is 41.0 Å².